The normalized spacial score (nSPS) is 17.6. The molecule has 0 saturated carbocycles. The van der Waals surface area contributed by atoms with E-state index in [1.807, 2.05) is 24.3 Å². The first-order valence-corrected chi connectivity index (χ1v) is 11.5. The summed E-state index contributed by atoms with van der Waals surface area (Å²) in [6.45, 7) is 0.373. The van der Waals surface area contributed by atoms with Crippen molar-refractivity contribution in [3.63, 3.8) is 0 Å². The lowest BCUT2D eigenvalue weighted by atomic mass is 10.1. The van der Waals surface area contributed by atoms with Gasteiger partial charge in [-0.2, -0.15) is 0 Å². The van der Waals surface area contributed by atoms with Crippen molar-refractivity contribution in [1.29, 1.82) is 0 Å². The molecule has 1 fully saturated rings. The highest BCUT2D eigenvalue weighted by Gasteiger charge is 2.28. The maximum absolute atomic E-state index is 12.4. The minimum atomic E-state index is -0.460. The summed E-state index contributed by atoms with van der Waals surface area (Å²) in [5.41, 5.74) is 1.09. The quantitative estimate of drug-likeness (QED) is 0.417. The summed E-state index contributed by atoms with van der Waals surface area (Å²) in [7, 11) is 3.15. The number of ether oxygens (including phenoxy) is 2. The molecule has 1 aliphatic rings. The molecule has 0 aromatic heterocycles. The van der Waals surface area contributed by atoms with E-state index in [-0.39, 0.29) is 42.4 Å². The fourth-order valence-corrected chi connectivity index (χ4v) is 4.19. The molecule has 0 spiro atoms. The second-order valence-corrected chi connectivity index (χ2v) is 8.53. The average molecular weight is 473 g/mol. The van der Waals surface area contributed by atoms with Crippen molar-refractivity contribution in [1.82, 2.24) is 16.0 Å². The number of benzene rings is 2. The van der Waals surface area contributed by atoms with Gasteiger partial charge in [-0.1, -0.05) is 18.2 Å². The van der Waals surface area contributed by atoms with Crippen LogP contribution in [0.15, 0.2) is 48.5 Å². The lowest BCUT2D eigenvalue weighted by Crippen LogP contribution is -2.56. The number of carbonyl (C=O) groups excluding carboxylic acids is 3. The van der Waals surface area contributed by atoms with E-state index < -0.39 is 5.50 Å². The number of hydrogen-bond donors (Lipinski definition) is 4. The number of hydrogen-bond acceptors (Lipinski definition) is 7. The van der Waals surface area contributed by atoms with Gasteiger partial charge < -0.3 is 25.4 Å². The molecule has 1 saturated heterocycles. The Labute approximate surface area is 197 Å². The van der Waals surface area contributed by atoms with Gasteiger partial charge in [-0.05, 0) is 29.8 Å². The van der Waals surface area contributed by atoms with E-state index >= 15 is 0 Å². The van der Waals surface area contributed by atoms with Crippen LogP contribution in [0.4, 0.5) is 5.69 Å². The Morgan fingerprint density at radius 3 is 2.55 bits per heavy atom. The number of anilines is 1. The van der Waals surface area contributed by atoms with Crippen LogP contribution in [0.5, 0.6) is 11.5 Å². The molecule has 1 aliphatic heterocycles. The summed E-state index contributed by atoms with van der Waals surface area (Å²) in [5.74, 6) is 0.970. The number of methoxy groups -OCH3 is 2. The fourth-order valence-electron chi connectivity index (χ4n) is 3.30. The van der Waals surface area contributed by atoms with E-state index in [0.29, 0.717) is 18.0 Å². The van der Waals surface area contributed by atoms with E-state index in [4.69, 9.17) is 9.47 Å². The van der Waals surface area contributed by atoms with Crippen molar-refractivity contribution in [2.45, 2.75) is 30.9 Å². The molecule has 4 N–H and O–H groups in total. The smallest absolute Gasteiger partial charge is 0.234 e. The molecule has 2 atom stereocenters. The van der Waals surface area contributed by atoms with Gasteiger partial charge in [0.15, 0.2) is 0 Å². The van der Waals surface area contributed by atoms with Gasteiger partial charge in [-0.25, -0.2) is 0 Å². The molecule has 0 radical (unpaired) electrons. The molecule has 1 heterocycles. The molecule has 3 amide bonds. The Bertz CT molecular complexity index is 987. The third-order valence-corrected chi connectivity index (χ3v) is 5.92. The van der Waals surface area contributed by atoms with Crippen molar-refractivity contribution >= 4 is 35.2 Å². The Hall–Kier alpha value is -3.24. The largest absolute Gasteiger partial charge is 0.497 e. The highest BCUT2D eigenvalue weighted by molar-refractivity contribution is 8.00. The first-order chi connectivity index (χ1) is 15.9. The summed E-state index contributed by atoms with van der Waals surface area (Å²) in [6.07, 6.45) is 0.351. The van der Waals surface area contributed by atoms with Crippen molar-refractivity contribution in [3.8, 4) is 11.5 Å². The van der Waals surface area contributed by atoms with E-state index in [1.54, 1.807) is 38.5 Å². The van der Waals surface area contributed by atoms with Crippen LogP contribution in [0, 0.1) is 0 Å². The minimum Gasteiger partial charge on any atom is -0.497 e. The number of amides is 3. The number of nitrogens with one attached hydrogen (secondary N) is 4. The van der Waals surface area contributed by atoms with Crippen LogP contribution in [-0.4, -0.2) is 49.2 Å². The Morgan fingerprint density at radius 2 is 1.79 bits per heavy atom. The number of thioether (sulfide) groups is 1. The van der Waals surface area contributed by atoms with Gasteiger partial charge in [0.25, 0.3) is 0 Å². The molecule has 0 bridgehead atoms. The third-order valence-electron chi connectivity index (χ3n) is 4.90. The SMILES string of the molecule is COc1cccc(CNC(=O)CC2CC(=O)NC(SCC(=O)Nc3cccc(OC)c3)N2)c1. The van der Waals surface area contributed by atoms with Crippen molar-refractivity contribution in [2.24, 2.45) is 0 Å². The van der Waals surface area contributed by atoms with Crippen LogP contribution in [0.1, 0.15) is 18.4 Å². The second kappa shape index (κ2) is 12.1. The minimum absolute atomic E-state index is 0.129. The fraction of sp³-hybridized carbons (Fsp3) is 0.348. The molecule has 0 aliphatic carbocycles. The van der Waals surface area contributed by atoms with Gasteiger partial charge in [-0.15, -0.1) is 11.8 Å². The summed E-state index contributed by atoms with van der Waals surface area (Å²) in [4.78, 5) is 36.8. The zero-order valence-corrected chi connectivity index (χ0v) is 19.4. The van der Waals surface area contributed by atoms with Crippen molar-refractivity contribution < 1.29 is 23.9 Å². The lowest BCUT2D eigenvalue weighted by Gasteiger charge is -2.30. The van der Waals surface area contributed by atoms with Crippen LogP contribution >= 0.6 is 11.8 Å². The average Bonchev–Trinajstić information content (AvgIpc) is 2.81. The Balaban J connectivity index is 1.43. The topological polar surface area (TPSA) is 118 Å². The number of rotatable bonds is 10. The lowest BCUT2D eigenvalue weighted by molar-refractivity contribution is -0.125. The molecule has 3 rings (SSSR count). The Morgan fingerprint density at radius 1 is 1.06 bits per heavy atom. The zero-order valence-electron chi connectivity index (χ0n) is 18.6. The van der Waals surface area contributed by atoms with Crippen LogP contribution in [0.2, 0.25) is 0 Å². The number of carbonyl (C=O) groups is 3. The van der Waals surface area contributed by atoms with Crippen molar-refractivity contribution in [2.75, 3.05) is 25.3 Å². The van der Waals surface area contributed by atoms with Crippen LogP contribution < -0.4 is 30.7 Å². The van der Waals surface area contributed by atoms with E-state index in [0.717, 1.165) is 11.3 Å². The third kappa shape index (κ3) is 7.99. The molecular formula is C23H28N4O5S. The van der Waals surface area contributed by atoms with Gasteiger partial charge in [0, 0.05) is 37.2 Å². The summed E-state index contributed by atoms with van der Waals surface area (Å²) < 4.78 is 10.3. The van der Waals surface area contributed by atoms with Crippen LogP contribution in [0.3, 0.4) is 0 Å². The van der Waals surface area contributed by atoms with Crippen molar-refractivity contribution in [3.05, 3.63) is 54.1 Å². The second-order valence-electron chi connectivity index (χ2n) is 7.44. The molecule has 2 aromatic rings. The predicted molar refractivity (Wildman–Crippen MR) is 127 cm³/mol. The van der Waals surface area contributed by atoms with Gasteiger partial charge >= 0.3 is 0 Å². The molecule has 10 heteroatoms. The molecular weight excluding hydrogens is 444 g/mol. The predicted octanol–water partition coefficient (Wildman–Crippen LogP) is 1.84. The maximum atomic E-state index is 12.4. The van der Waals surface area contributed by atoms with Gasteiger partial charge in [0.1, 0.15) is 17.0 Å². The highest BCUT2D eigenvalue weighted by atomic mass is 32.2. The monoisotopic (exact) mass is 472 g/mol. The van der Waals surface area contributed by atoms with E-state index in [2.05, 4.69) is 21.3 Å². The summed E-state index contributed by atoms with van der Waals surface area (Å²) in [6, 6.07) is 14.2. The van der Waals surface area contributed by atoms with Gasteiger partial charge in [0.2, 0.25) is 17.7 Å². The van der Waals surface area contributed by atoms with Crippen LogP contribution in [0.25, 0.3) is 0 Å². The molecule has 2 unspecified atom stereocenters. The van der Waals surface area contributed by atoms with E-state index in [9.17, 15) is 14.4 Å². The summed E-state index contributed by atoms with van der Waals surface area (Å²) in [5, 5.41) is 11.7. The highest BCUT2D eigenvalue weighted by Crippen LogP contribution is 2.18. The van der Waals surface area contributed by atoms with Gasteiger partial charge in [0.05, 0.1) is 20.0 Å². The zero-order chi connectivity index (χ0) is 23.6. The molecule has 176 valence electrons. The van der Waals surface area contributed by atoms with Gasteiger partial charge in [-0.3, -0.25) is 19.7 Å². The Kier molecular flexibility index (Phi) is 8.96. The maximum Gasteiger partial charge on any atom is 0.234 e. The summed E-state index contributed by atoms with van der Waals surface area (Å²) >= 11 is 1.25. The first-order valence-electron chi connectivity index (χ1n) is 10.5. The molecule has 33 heavy (non-hydrogen) atoms. The first kappa shape index (κ1) is 24.4. The molecule has 9 nitrogen and oxygen atoms in total. The van der Waals surface area contributed by atoms with E-state index in [1.165, 1.54) is 11.8 Å². The van der Waals surface area contributed by atoms with Crippen LogP contribution in [-0.2, 0) is 20.9 Å². The standard InChI is InChI=1S/C23H28N4O5S/c1-31-18-7-3-5-15(9-18)13-24-20(28)11-17-12-21(29)27-23(26-17)33-14-22(30)25-16-6-4-8-19(10-16)32-2/h3-10,17,23,26H,11-14H2,1-2H3,(H,24,28)(H,25,30)(H,27,29). The molecule has 2 aromatic carbocycles.